The Bertz CT molecular complexity index is 483. The molecule has 1 aliphatic heterocycles. The van der Waals surface area contributed by atoms with E-state index in [1.165, 1.54) is 24.1 Å². The number of hydrogen-bond donors (Lipinski definition) is 1. The quantitative estimate of drug-likeness (QED) is 0.889. The molecule has 1 saturated heterocycles. The monoisotopic (exact) mass is 241 g/mol. The van der Waals surface area contributed by atoms with Crippen LogP contribution in [0.4, 0.5) is 0 Å². The number of hydrogen-bond acceptors (Lipinski definition) is 2. The maximum atomic E-state index is 4.30. The van der Waals surface area contributed by atoms with E-state index in [0.29, 0.717) is 6.04 Å². The minimum absolute atomic E-state index is 0.635. The van der Waals surface area contributed by atoms with Gasteiger partial charge >= 0.3 is 0 Å². The molecule has 94 valence electrons. The maximum Gasteiger partial charge on any atom is 0.0951 e. The number of aromatic nitrogens is 2. The van der Waals surface area contributed by atoms with Crippen LogP contribution in [0.25, 0.3) is 0 Å². The van der Waals surface area contributed by atoms with Gasteiger partial charge in [0.25, 0.3) is 0 Å². The Morgan fingerprint density at radius 2 is 2.17 bits per heavy atom. The van der Waals surface area contributed by atoms with Crippen molar-refractivity contribution in [2.45, 2.75) is 31.8 Å². The largest absolute Gasteiger partial charge is 0.330 e. The van der Waals surface area contributed by atoms with Crippen LogP contribution in [-0.2, 0) is 13.0 Å². The number of benzene rings is 1. The lowest BCUT2D eigenvalue weighted by Gasteiger charge is -2.12. The van der Waals surface area contributed by atoms with Crippen LogP contribution in [0.3, 0.4) is 0 Å². The SMILES string of the molecule is c1ccc(Cn2cncc2CC2CCCN2)cc1. The van der Waals surface area contributed by atoms with Gasteiger partial charge in [-0.1, -0.05) is 30.3 Å². The first-order valence-corrected chi connectivity index (χ1v) is 6.68. The summed E-state index contributed by atoms with van der Waals surface area (Å²) < 4.78 is 2.26. The zero-order valence-corrected chi connectivity index (χ0v) is 10.5. The minimum atomic E-state index is 0.635. The van der Waals surface area contributed by atoms with Gasteiger partial charge in [-0.25, -0.2) is 4.98 Å². The lowest BCUT2D eigenvalue weighted by atomic mass is 10.1. The zero-order valence-electron chi connectivity index (χ0n) is 10.5. The molecule has 0 aliphatic carbocycles. The van der Waals surface area contributed by atoms with E-state index in [9.17, 15) is 0 Å². The lowest BCUT2D eigenvalue weighted by Crippen LogP contribution is -2.24. The van der Waals surface area contributed by atoms with Crippen molar-refractivity contribution in [1.82, 2.24) is 14.9 Å². The molecule has 3 heteroatoms. The van der Waals surface area contributed by atoms with Crippen molar-refractivity contribution >= 4 is 0 Å². The predicted molar refractivity (Wildman–Crippen MR) is 72.5 cm³/mol. The third-order valence-electron chi connectivity index (χ3n) is 3.61. The minimum Gasteiger partial charge on any atom is -0.330 e. The normalized spacial score (nSPS) is 19.2. The Hall–Kier alpha value is -1.61. The number of nitrogens with one attached hydrogen (secondary N) is 1. The summed E-state index contributed by atoms with van der Waals surface area (Å²) in [7, 11) is 0. The standard InChI is InChI=1S/C15H19N3/c1-2-5-13(6-3-1)11-18-12-16-10-15(18)9-14-7-4-8-17-14/h1-3,5-6,10,12,14,17H,4,7-9,11H2. The zero-order chi connectivity index (χ0) is 12.2. The van der Waals surface area contributed by atoms with Crippen LogP contribution in [-0.4, -0.2) is 22.1 Å². The van der Waals surface area contributed by atoms with Crippen molar-refractivity contribution < 1.29 is 0 Å². The van der Waals surface area contributed by atoms with E-state index in [1.807, 2.05) is 12.5 Å². The van der Waals surface area contributed by atoms with Gasteiger partial charge in [-0.3, -0.25) is 0 Å². The van der Waals surface area contributed by atoms with Crippen LogP contribution in [0.5, 0.6) is 0 Å². The lowest BCUT2D eigenvalue weighted by molar-refractivity contribution is 0.576. The van der Waals surface area contributed by atoms with Gasteiger partial charge in [-0.2, -0.15) is 0 Å². The van der Waals surface area contributed by atoms with E-state index in [0.717, 1.165) is 19.5 Å². The van der Waals surface area contributed by atoms with Crippen molar-refractivity contribution in [1.29, 1.82) is 0 Å². The molecule has 1 fully saturated rings. The summed E-state index contributed by atoms with van der Waals surface area (Å²) in [5.74, 6) is 0. The van der Waals surface area contributed by atoms with E-state index in [1.54, 1.807) is 0 Å². The van der Waals surface area contributed by atoms with Gasteiger partial charge in [0, 0.05) is 30.9 Å². The van der Waals surface area contributed by atoms with E-state index >= 15 is 0 Å². The molecule has 1 aromatic carbocycles. The van der Waals surface area contributed by atoms with E-state index < -0.39 is 0 Å². The second-order valence-corrected chi connectivity index (χ2v) is 5.00. The van der Waals surface area contributed by atoms with Crippen LogP contribution in [0.15, 0.2) is 42.9 Å². The summed E-state index contributed by atoms with van der Waals surface area (Å²) in [6.07, 6.45) is 7.63. The molecular formula is C15H19N3. The third-order valence-corrected chi connectivity index (χ3v) is 3.61. The van der Waals surface area contributed by atoms with Crippen molar-refractivity contribution in [2.24, 2.45) is 0 Å². The smallest absolute Gasteiger partial charge is 0.0951 e. The second-order valence-electron chi connectivity index (χ2n) is 5.00. The summed E-state index contributed by atoms with van der Waals surface area (Å²) in [6.45, 7) is 2.08. The highest BCUT2D eigenvalue weighted by Crippen LogP contribution is 2.13. The molecule has 0 amide bonds. The van der Waals surface area contributed by atoms with Gasteiger partial charge in [0.05, 0.1) is 6.33 Å². The third kappa shape index (κ3) is 2.62. The Kier molecular flexibility index (Phi) is 3.42. The first-order valence-electron chi connectivity index (χ1n) is 6.68. The second kappa shape index (κ2) is 5.36. The van der Waals surface area contributed by atoms with Crippen LogP contribution >= 0.6 is 0 Å². The van der Waals surface area contributed by atoms with Gasteiger partial charge < -0.3 is 9.88 Å². The summed E-state index contributed by atoms with van der Waals surface area (Å²) in [4.78, 5) is 4.30. The number of nitrogens with zero attached hydrogens (tertiary/aromatic N) is 2. The highest BCUT2D eigenvalue weighted by molar-refractivity contribution is 5.16. The number of imidazole rings is 1. The number of rotatable bonds is 4. The van der Waals surface area contributed by atoms with Gasteiger partial charge in [-0.05, 0) is 24.9 Å². The molecule has 0 spiro atoms. The van der Waals surface area contributed by atoms with E-state index in [2.05, 4.69) is 45.2 Å². The molecule has 3 nitrogen and oxygen atoms in total. The molecule has 0 radical (unpaired) electrons. The highest BCUT2D eigenvalue weighted by Gasteiger charge is 2.16. The molecule has 1 aliphatic rings. The van der Waals surface area contributed by atoms with Crippen molar-refractivity contribution in [3.05, 3.63) is 54.1 Å². The molecular weight excluding hydrogens is 222 g/mol. The van der Waals surface area contributed by atoms with Crippen molar-refractivity contribution in [3.8, 4) is 0 Å². The molecule has 1 atom stereocenters. The Balaban J connectivity index is 1.71. The summed E-state index contributed by atoms with van der Waals surface area (Å²) in [6, 6.07) is 11.2. The summed E-state index contributed by atoms with van der Waals surface area (Å²) in [5.41, 5.74) is 2.66. The first-order chi connectivity index (χ1) is 8.92. The summed E-state index contributed by atoms with van der Waals surface area (Å²) >= 11 is 0. The van der Waals surface area contributed by atoms with E-state index in [4.69, 9.17) is 0 Å². The van der Waals surface area contributed by atoms with Crippen molar-refractivity contribution in [3.63, 3.8) is 0 Å². The van der Waals surface area contributed by atoms with Gasteiger partial charge in [0.15, 0.2) is 0 Å². The van der Waals surface area contributed by atoms with E-state index in [-0.39, 0.29) is 0 Å². The average Bonchev–Trinajstić information content (AvgIpc) is 3.04. The van der Waals surface area contributed by atoms with Crippen LogP contribution < -0.4 is 5.32 Å². The molecule has 2 aromatic rings. The van der Waals surface area contributed by atoms with Crippen LogP contribution in [0.2, 0.25) is 0 Å². The molecule has 1 unspecified atom stereocenters. The molecule has 18 heavy (non-hydrogen) atoms. The fourth-order valence-electron chi connectivity index (χ4n) is 2.62. The van der Waals surface area contributed by atoms with Gasteiger partial charge in [0.1, 0.15) is 0 Å². The van der Waals surface area contributed by atoms with Gasteiger partial charge in [-0.15, -0.1) is 0 Å². The molecule has 3 rings (SSSR count). The Morgan fingerprint density at radius 1 is 1.28 bits per heavy atom. The van der Waals surface area contributed by atoms with Crippen LogP contribution in [0, 0.1) is 0 Å². The molecule has 2 heterocycles. The Labute approximate surface area is 108 Å². The van der Waals surface area contributed by atoms with Crippen LogP contribution in [0.1, 0.15) is 24.1 Å². The average molecular weight is 241 g/mol. The van der Waals surface area contributed by atoms with Gasteiger partial charge in [0.2, 0.25) is 0 Å². The molecule has 1 aromatic heterocycles. The topological polar surface area (TPSA) is 29.9 Å². The maximum absolute atomic E-state index is 4.30. The first kappa shape index (κ1) is 11.5. The highest BCUT2D eigenvalue weighted by atomic mass is 15.1. The summed E-state index contributed by atoms with van der Waals surface area (Å²) in [5, 5.41) is 3.54. The fourth-order valence-corrected chi connectivity index (χ4v) is 2.62. The van der Waals surface area contributed by atoms with Crippen molar-refractivity contribution in [2.75, 3.05) is 6.54 Å². The molecule has 0 saturated carbocycles. The predicted octanol–water partition coefficient (Wildman–Crippen LogP) is 2.23. The molecule has 1 N–H and O–H groups in total. The fraction of sp³-hybridized carbons (Fsp3) is 0.400. The molecule has 0 bridgehead atoms. The Morgan fingerprint density at radius 3 is 2.94 bits per heavy atom.